The van der Waals surface area contributed by atoms with Crippen LogP contribution in [0.15, 0.2) is 64.2 Å². The van der Waals surface area contributed by atoms with Gasteiger partial charge in [0.2, 0.25) is 0 Å². The van der Waals surface area contributed by atoms with Crippen molar-refractivity contribution in [2.45, 2.75) is 13.8 Å². The van der Waals surface area contributed by atoms with Crippen molar-refractivity contribution in [3.8, 4) is 5.69 Å². The van der Waals surface area contributed by atoms with Crippen molar-refractivity contribution in [2.24, 2.45) is 5.10 Å². The summed E-state index contributed by atoms with van der Waals surface area (Å²) in [5, 5.41) is 4.67. The molecule has 0 bridgehead atoms. The SMILES string of the molecule is Cc1cc(/C=N\NC(=O)c2ccc(Cl)cc2)c(C)n1-c1ccc(Br)cc1. The molecule has 1 amide bonds. The summed E-state index contributed by atoms with van der Waals surface area (Å²) in [7, 11) is 0. The number of halogens is 2. The summed E-state index contributed by atoms with van der Waals surface area (Å²) in [6, 6.07) is 16.8. The summed E-state index contributed by atoms with van der Waals surface area (Å²) < 4.78 is 3.19. The Morgan fingerprint density at radius 3 is 2.42 bits per heavy atom. The molecule has 3 aromatic rings. The van der Waals surface area contributed by atoms with E-state index in [0.717, 1.165) is 27.1 Å². The fourth-order valence-corrected chi connectivity index (χ4v) is 3.12. The highest BCUT2D eigenvalue weighted by atomic mass is 79.9. The molecule has 6 heteroatoms. The van der Waals surface area contributed by atoms with Crippen LogP contribution >= 0.6 is 27.5 Å². The van der Waals surface area contributed by atoms with Gasteiger partial charge in [-0.2, -0.15) is 5.10 Å². The molecule has 4 nitrogen and oxygen atoms in total. The number of rotatable bonds is 4. The first-order valence-electron chi connectivity index (χ1n) is 7.99. The van der Waals surface area contributed by atoms with E-state index in [4.69, 9.17) is 11.6 Å². The maximum Gasteiger partial charge on any atom is 0.271 e. The lowest BCUT2D eigenvalue weighted by atomic mass is 10.2. The number of carbonyl (C=O) groups excluding carboxylic acids is 1. The second-order valence-corrected chi connectivity index (χ2v) is 7.20. The van der Waals surface area contributed by atoms with E-state index in [0.29, 0.717) is 10.6 Å². The van der Waals surface area contributed by atoms with E-state index in [1.54, 1.807) is 30.5 Å². The summed E-state index contributed by atoms with van der Waals surface area (Å²) in [6.45, 7) is 4.07. The van der Waals surface area contributed by atoms with Crippen molar-refractivity contribution in [3.05, 3.63) is 86.6 Å². The van der Waals surface area contributed by atoms with E-state index in [-0.39, 0.29) is 5.91 Å². The molecule has 1 heterocycles. The van der Waals surface area contributed by atoms with E-state index in [9.17, 15) is 4.79 Å². The highest BCUT2D eigenvalue weighted by molar-refractivity contribution is 9.10. The standard InChI is InChI=1S/C20H17BrClN3O/c1-13-11-16(14(2)25(13)19-9-5-17(21)6-10-19)12-23-24-20(26)15-3-7-18(22)8-4-15/h3-12H,1-2H3,(H,24,26)/b23-12-. The summed E-state index contributed by atoms with van der Waals surface area (Å²) >= 11 is 9.28. The fourth-order valence-electron chi connectivity index (χ4n) is 2.73. The molecular weight excluding hydrogens is 414 g/mol. The Kier molecular flexibility index (Phi) is 5.59. The van der Waals surface area contributed by atoms with E-state index in [2.05, 4.69) is 31.0 Å². The van der Waals surface area contributed by atoms with Gasteiger partial charge in [0.05, 0.1) is 6.21 Å². The van der Waals surface area contributed by atoms with Gasteiger partial charge in [0, 0.05) is 37.7 Å². The molecule has 1 aromatic heterocycles. The molecule has 0 fully saturated rings. The van der Waals surface area contributed by atoms with Gasteiger partial charge in [-0.3, -0.25) is 4.79 Å². The van der Waals surface area contributed by atoms with Crippen LogP contribution in [0.5, 0.6) is 0 Å². The quantitative estimate of drug-likeness (QED) is 0.444. The average Bonchev–Trinajstić information content (AvgIpc) is 2.90. The lowest BCUT2D eigenvalue weighted by molar-refractivity contribution is 0.0955. The second kappa shape index (κ2) is 7.89. The second-order valence-electron chi connectivity index (χ2n) is 5.84. The van der Waals surface area contributed by atoms with E-state index < -0.39 is 0 Å². The third-order valence-corrected chi connectivity index (χ3v) is 4.81. The first-order valence-corrected chi connectivity index (χ1v) is 9.16. The molecule has 0 aliphatic rings. The van der Waals surface area contributed by atoms with Gasteiger partial charge in [-0.25, -0.2) is 5.43 Å². The molecule has 0 saturated heterocycles. The zero-order chi connectivity index (χ0) is 18.7. The predicted octanol–water partition coefficient (Wildman–Crippen LogP) is 5.27. The Balaban J connectivity index is 1.77. The van der Waals surface area contributed by atoms with Crippen LogP contribution in [-0.2, 0) is 0 Å². The number of hydrogen-bond acceptors (Lipinski definition) is 2. The van der Waals surface area contributed by atoms with Crippen molar-refractivity contribution in [1.82, 2.24) is 9.99 Å². The number of nitrogens with one attached hydrogen (secondary N) is 1. The van der Waals surface area contributed by atoms with Crippen molar-refractivity contribution in [1.29, 1.82) is 0 Å². The van der Waals surface area contributed by atoms with Gasteiger partial charge in [0.25, 0.3) is 5.91 Å². The Hall–Kier alpha value is -2.37. The molecule has 0 aliphatic heterocycles. The zero-order valence-corrected chi connectivity index (χ0v) is 16.7. The van der Waals surface area contributed by atoms with Crippen LogP contribution < -0.4 is 5.43 Å². The molecule has 0 saturated carbocycles. The molecule has 132 valence electrons. The Bertz CT molecular complexity index is 960. The molecule has 0 radical (unpaired) electrons. The molecule has 1 N–H and O–H groups in total. The third kappa shape index (κ3) is 4.06. The Morgan fingerprint density at radius 1 is 1.12 bits per heavy atom. The van der Waals surface area contributed by atoms with Crippen LogP contribution in [0.1, 0.15) is 27.3 Å². The number of benzene rings is 2. The average molecular weight is 431 g/mol. The number of hydrazone groups is 1. The smallest absolute Gasteiger partial charge is 0.271 e. The lowest BCUT2D eigenvalue weighted by Gasteiger charge is -2.09. The minimum Gasteiger partial charge on any atom is -0.318 e. The van der Waals surface area contributed by atoms with E-state index in [1.807, 2.05) is 44.2 Å². The molecule has 0 aliphatic carbocycles. The van der Waals surface area contributed by atoms with Crippen LogP contribution in [0.4, 0.5) is 0 Å². The van der Waals surface area contributed by atoms with Crippen molar-refractivity contribution >= 4 is 39.7 Å². The summed E-state index contributed by atoms with van der Waals surface area (Å²) in [5.74, 6) is -0.278. The largest absolute Gasteiger partial charge is 0.318 e. The number of nitrogens with zero attached hydrogens (tertiary/aromatic N) is 2. The zero-order valence-electron chi connectivity index (χ0n) is 14.3. The van der Waals surface area contributed by atoms with Gasteiger partial charge in [-0.1, -0.05) is 27.5 Å². The van der Waals surface area contributed by atoms with Gasteiger partial charge < -0.3 is 4.57 Å². The number of aryl methyl sites for hydroxylation is 1. The molecule has 3 rings (SSSR count). The van der Waals surface area contributed by atoms with E-state index >= 15 is 0 Å². The number of amides is 1. The van der Waals surface area contributed by atoms with Crippen LogP contribution in [0.25, 0.3) is 5.69 Å². The van der Waals surface area contributed by atoms with E-state index in [1.165, 1.54) is 0 Å². The van der Waals surface area contributed by atoms with Gasteiger partial charge in [-0.15, -0.1) is 0 Å². The Labute approximate surface area is 165 Å². The van der Waals surface area contributed by atoms with Gasteiger partial charge >= 0.3 is 0 Å². The summed E-state index contributed by atoms with van der Waals surface area (Å²) in [6.07, 6.45) is 1.66. The van der Waals surface area contributed by atoms with Crippen LogP contribution in [-0.4, -0.2) is 16.7 Å². The highest BCUT2D eigenvalue weighted by Gasteiger charge is 2.09. The fraction of sp³-hybridized carbons (Fsp3) is 0.100. The Morgan fingerprint density at radius 2 is 1.77 bits per heavy atom. The van der Waals surface area contributed by atoms with Crippen LogP contribution in [0.3, 0.4) is 0 Å². The number of carbonyl (C=O) groups is 1. The van der Waals surface area contributed by atoms with Gasteiger partial charge in [-0.05, 0) is 68.4 Å². The third-order valence-electron chi connectivity index (χ3n) is 4.03. The normalized spacial score (nSPS) is 11.1. The van der Waals surface area contributed by atoms with Crippen LogP contribution in [0, 0.1) is 13.8 Å². The van der Waals surface area contributed by atoms with Gasteiger partial charge in [0.1, 0.15) is 0 Å². The molecular formula is C20H17BrClN3O. The monoisotopic (exact) mass is 429 g/mol. The maximum atomic E-state index is 12.1. The molecule has 0 unspecified atom stereocenters. The molecule has 0 spiro atoms. The van der Waals surface area contributed by atoms with Crippen molar-refractivity contribution in [3.63, 3.8) is 0 Å². The number of aromatic nitrogens is 1. The van der Waals surface area contributed by atoms with Crippen LogP contribution in [0.2, 0.25) is 5.02 Å². The lowest BCUT2D eigenvalue weighted by Crippen LogP contribution is -2.17. The predicted molar refractivity (Wildman–Crippen MR) is 109 cm³/mol. The minimum absolute atomic E-state index is 0.278. The van der Waals surface area contributed by atoms with Crippen molar-refractivity contribution in [2.75, 3.05) is 0 Å². The van der Waals surface area contributed by atoms with Gasteiger partial charge in [0.15, 0.2) is 0 Å². The number of hydrogen-bond donors (Lipinski definition) is 1. The molecule has 2 aromatic carbocycles. The topological polar surface area (TPSA) is 46.4 Å². The maximum absolute atomic E-state index is 12.1. The van der Waals surface area contributed by atoms with Crippen molar-refractivity contribution < 1.29 is 4.79 Å². The molecule has 0 atom stereocenters. The first-order chi connectivity index (χ1) is 12.5. The first kappa shape index (κ1) is 18.4. The summed E-state index contributed by atoms with van der Waals surface area (Å²) in [5.41, 5.74) is 7.21. The minimum atomic E-state index is -0.278. The highest BCUT2D eigenvalue weighted by Crippen LogP contribution is 2.21. The summed E-state index contributed by atoms with van der Waals surface area (Å²) in [4.78, 5) is 12.1. The molecule has 26 heavy (non-hydrogen) atoms.